The maximum Gasteiger partial charge on any atom is 0.267 e. The van der Waals surface area contributed by atoms with E-state index in [9.17, 15) is 4.79 Å². The Kier molecular flexibility index (Phi) is 3.48. The van der Waals surface area contributed by atoms with E-state index in [1.54, 1.807) is 23.5 Å². The topological polar surface area (TPSA) is 34.9 Å². The minimum atomic E-state index is -0.0779. The Morgan fingerprint density at radius 2 is 1.90 bits per heavy atom. The first-order valence-electron chi connectivity index (χ1n) is 6.40. The van der Waals surface area contributed by atoms with Gasteiger partial charge in [-0.1, -0.05) is 35.9 Å². The molecule has 0 unspecified atom stereocenters. The molecule has 0 fully saturated rings. The standard InChI is InChI=1S/C16H14N2OS/c1-12-4-6-13(7-5-12)11-18-16(19)9-8-14(17-18)15-3-2-10-20-15/h2-10H,11H2,1H3. The number of nitrogens with zero attached hydrogens (tertiary/aromatic N) is 2. The fourth-order valence-corrected chi connectivity index (χ4v) is 2.67. The van der Waals surface area contributed by atoms with Gasteiger partial charge in [-0.15, -0.1) is 11.3 Å². The van der Waals surface area contributed by atoms with Crippen molar-refractivity contribution in [3.05, 3.63) is 75.4 Å². The van der Waals surface area contributed by atoms with E-state index in [0.717, 1.165) is 16.1 Å². The van der Waals surface area contributed by atoms with Crippen molar-refractivity contribution >= 4 is 11.3 Å². The number of rotatable bonds is 3. The van der Waals surface area contributed by atoms with Crippen LogP contribution in [0.5, 0.6) is 0 Å². The lowest BCUT2D eigenvalue weighted by molar-refractivity contribution is 0.643. The highest BCUT2D eigenvalue weighted by Crippen LogP contribution is 2.21. The van der Waals surface area contributed by atoms with Crippen LogP contribution in [0.15, 0.2) is 58.7 Å². The van der Waals surface area contributed by atoms with Crippen LogP contribution in [0, 0.1) is 6.92 Å². The molecule has 20 heavy (non-hydrogen) atoms. The van der Waals surface area contributed by atoms with E-state index in [4.69, 9.17) is 0 Å². The number of hydrogen-bond donors (Lipinski definition) is 0. The fourth-order valence-electron chi connectivity index (χ4n) is 1.98. The number of hydrogen-bond acceptors (Lipinski definition) is 3. The van der Waals surface area contributed by atoms with E-state index < -0.39 is 0 Å². The molecule has 0 saturated carbocycles. The number of thiophene rings is 1. The maximum absolute atomic E-state index is 11.9. The summed E-state index contributed by atoms with van der Waals surface area (Å²) in [5.74, 6) is 0. The van der Waals surface area contributed by atoms with Crippen molar-refractivity contribution in [2.75, 3.05) is 0 Å². The highest BCUT2D eigenvalue weighted by Gasteiger charge is 2.04. The van der Waals surface area contributed by atoms with Gasteiger partial charge >= 0.3 is 0 Å². The second-order valence-electron chi connectivity index (χ2n) is 4.68. The molecular formula is C16H14N2OS. The molecule has 4 heteroatoms. The smallest absolute Gasteiger partial charge is 0.267 e. The molecule has 3 rings (SSSR count). The summed E-state index contributed by atoms with van der Waals surface area (Å²) >= 11 is 1.62. The van der Waals surface area contributed by atoms with Crippen LogP contribution in [0.4, 0.5) is 0 Å². The molecule has 2 heterocycles. The average molecular weight is 282 g/mol. The van der Waals surface area contributed by atoms with Crippen LogP contribution < -0.4 is 5.56 Å². The Balaban J connectivity index is 1.95. The summed E-state index contributed by atoms with van der Waals surface area (Å²) in [5, 5.41) is 6.45. The van der Waals surface area contributed by atoms with Gasteiger partial charge in [-0.25, -0.2) is 4.68 Å². The van der Waals surface area contributed by atoms with Crippen LogP contribution >= 0.6 is 11.3 Å². The predicted molar refractivity (Wildman–Crippen MR) is 82.1 cm³/mol. The third kappa shape index (κ3) is 2.70. The van der Waals surface area contributed by atoms with Crippen molar-refractivity contribution < 1.29 is 0 Å². The van der Waals surface area contributed by atoms with Crippen LogP contribution in [-0.2, 0) is 6.54 Å². The van der Waals surface area contributed by atoms with Crippen LogP contribution in [-0.4, -0.2) is 9.78 Å². The van der Waals surface area contributed by atoms with Gasteiger partial charge in [-0.2, -0.15) is 5.10 Å². The molecule has 0 aliphatic carbocycles. The second kappa shape index (κ2) is 5.43. The quantitative estimate of drug-likeness (QED) is 0.738. The predicted octanol–water partition coefficient (Wildman–Crippen LogP) is 3.33. The Morgan fingerprint density at radius 1 is 1.10 bits per heavy atom. The summed E-state index contributed by atoms with van der Waals surface area (Å²) in [6.07, 6.45) is 0. The molecule has 0 bridgehead atoms. The lowest BCUT2D eigenvalue weighted by Crippen LogP contribution is -2.22. The van der Waals surface area contributed by atoms with Crippen molar-refractivity contribution in [2.45, 2.75) is 13.5 Å². The summed E-state index contributed by atoms with van der Waals surface area (Å²) in [5.41, 5.74) is 3.05. The van der Waals surface area contributed by atoms with Gasteiger partial charge in [0.15, 0.2) is 0 Å². The third-order valence-electron chi connectivity index (χ3n) is 3.09. The number of aromatic nitrogens is 2. The SMILES string of the molecule is Cc1ccc(Cn2nc(-c3cccs3)ccc2=O)cc1. The fraction of sp³-hybridized carbons (Fsp3) is 0.125. The van der Waals surface area contributed by atoms with Gasteiger partial charge in [-0.05, 0) is 30.0 Å². The highest BCUT2D eigenvalue weighted by atomic mass is 32.1. The van der Waals surface area contributed by atoms with Crippen LogP contribution in [0.25, 0.3) is 10.6 Å². The van der Waals surface area contributed by atoms with Crippen molar-refractivity contribution in [1.82, 2.24) is 9.78 Å². The first kappa shape index (κ1) is 12.8. The molecule has 0 N–H and O–H groups in total. The van der Waals surface area contributed by atoms with Gasteiger partial charge in [0.25, 0.3) is 5.56 Å². The van der Waals surface area contributed by atoms with Gasteiger partial charge < -0.3 is 0 Å². The van der Waals surface area contributed by atoms with E-state index in [2.05, 4.69) is 5.10 Å². The minimum absolute atomic E-state index is 0.0779. The summed E-state index contributed by atoms with van der Waals surface area (Å²) < 4.78 is 1.51. The zero-order valence-corrected chi connectivity index (χ0v) is 11.9. The second-order valence-corrected chi connectivity index (χ2v) is 5.63. The Labute approximate surface area is 121 Å². The van der Waals surface area contributed by atoms with Crippen LogP contribution in [0.2, 0.25) is 0 Å². The lowest BCUT2D eigenvalue weighted by Gasteiger charge is -2.06. The van der Waals surface area contributed by atoms with Gasteiger partial charge in [0.1, 0.15) is 5.69 Å². The van der Waals surface area contributed by atoms with E-state index in [1.807, 2.05) is 48.7 Å². The van der Waals surface area contributed by atoms with E-state index in [1.165, 1.54) is 10.2 Å². The van der Waals surface area contributed by atoms with Crippen LogP contribution in [0.3, 0.4) is 0 Å². The zero-order chi connectivity index (χ0) is 13.9. The molecule has 0 atom stereocenters. The Hall–Kier alpha value is -2.20. The first-order valence-corrected chi connectivity index (χ1v) is 7.28. The first-order chi connectivity index (χ1) is 9.72. The van der Waals surface area contributed by atoms with Crippen molar-refractivity contribution in [3.63, 3.8) is 0 Å². The van der Waals surface area contributed by atoms with E-state index in [0.29, 0.717) is 6.54 Å². The van der Waals surface area contributed by atoms with Crippen LogP contribution in [0.1, 0.15) is 11.1 Å². The number of benzene rings is 1. The molecule has 3 nitrogen and oxygen atoms in total. The highest BCUT2D eigenvalue weighted by molar-refractivity contribution is 7.13. The lowest BCUT2D eigenvalue weighted by atomic mass is 10.1. The molecule has 0 amide bonds. The summed E-state index contributed by atoms with van der Waals surface area (Å²) in [6, 6.07) is 15.5. The van der Waals surface area contributed by atoms with Gasteiger partial charge in [-0.3, -0.25) is 4.79 Å². The molecule has 3 aromatic rings. The van der Waals surface area contributed by atoms with Crippen molar-refractivity contribution in [3.8, 4) is 10.6 Å². The van der Waals surface area contributed by atoms with Crippen molar-refractivity contribution in [1.29, 1.82) is 0 Å². The van der Waals surface area contributed by atoms with Crippen molar-refractivity contribution in [2.24, 2.45) is 0 Å². The minimum Gasteiger partial charge on any atom is -0.268 e. The molecule has 2 aromatic heterocycles. The van der Waals surface area contributed by atoms with Gasteiger partial charge in [0.2, 0.25) is 0 Å². The monoisotopic (exact) mass is 282 g/mol. The molecule has 100 valence electrons. The Morgan fingerprint density at radius 3 is 2.60 bits per heavy atom. The largest absolute Gasteiger partial charge is 0.268 e. The van der Waals surface area contributed by atoms with E-state index in [-0.39, 0.29) is 5.56 Å². The third-order valence-corrected chi connectivity index (χ3v) is 3.99. The number of aryl methyl sites for hydroxylation is 1. The summed E-state index contributed by atoms with van der Waals surface area (Å²) in [4.78, 5) is 13.0. The molecule has 0 radical (unpaired) electrons. The summed E-state index contributed by atoms with van der Waals surface area (Å²) in [7, 11) is 0. The zero-order valence-electron chi connectivity index (χ0n) is 11.1. The maximum atomic E-state index is 11.9. The molecular weight excluding hydrogens is 268 g/mol. The average Bonchev–Trinajstić information content (AvgIpc) is 2.98. The van der Waals surface area contributed by atoms with Gasteiger partial charge in [0, 0.05) is 6.07 Å². The van der Waals surface area contributed by atoms with Gasteiger partial charge in [0.05, 0.1) is 11.4 Å². The summed E-state index contributed by atoms with van der Waals surface area (Å²) in [6.45, 7) is 2.55. The normalized spacial score (nSPS) is 10.7. The van der Waals surface area contributed by atoms with E-state index >= 15 is 0 Å². The molecule has 1 aromatic carbocycles. The Bertz CT molecular complexity index is 758. The molecule has 0 spiro atoms. The molecule has 0 aliphatic rings. The molecule has 0 aliphatic heterocycles. The molecule has 0 saturated heterocycles.